The third-order valence-electron chi connectivity index (χ3n) is 5.45. The minimum atomic E-state index is -3.46. The Kier molecular flexibility index (Phi) is 6.93. The third-order valence-corrected chi connectivity index (χ3v) is 8.14. The highest BCUT2D eigenvalue weighted by molar-refractivity contribution is 7.89. The maximum absolute atomic E-state index is 12.4. The Morgan fingerprint density at radius 3 is 2.21 bits per heavy atom. The average Bonchev–Trinajstić information content (AvgIpc) is 3.22. The molecule has 1 heterocycles. The van der Waals surface area contributed by atoms with Crippen LogP contribution in [0.2, 0.25) is 0 Å². The van der Waals surface area contributed by atoms with Crippen molar-refractivity contribution in [3.05, 3.63) is 100 Å². The fourth-order valence-electron chi connectivity index (χ4n) is 3.49. The van der Waals surface area contributed by atoms with Crippen LogP contribution in [-0.4, -0.2) is 31.4 Å². The Morgan fingerprint density at radius 2 is 1.58 bits per heavy atom. The molecule has 0 N–H and O–H groups in total. The Bertz CT molecular complexity index is 1380. The van der Waals surface area contributed by atoms with Crippen molar-refractivity contribution in [2.75, 3.05) is 14.1 Å². The van der Waals surface area contributed by atoms with Gasteiger partial charge >= 0.3 is 0 Å². The maximum atomic E-state index is 12.4. The monoisotopic (exact) mass is 477 g/mol. The van der Waals surface area contributed by atoms with Crippen molar-refractivity contribution >= 4 is 27.0 Å². The lowest BCUT2D eigenvalue weighted by Gasteiger charge is -2.13. The summed E-state index contributed by atoms with van der Waals surface area (Å²) in [5.74, 6) is 0. The summed E-state index contributed by atoms with van der Waals surface area (Å²) in [4.78, 5) is 6.10. The van der Waals surface area contributed by atoms with Gasteiger partial charge in [-0.1, -0.05) is 60.2 Å². The highest BCUT2D eigenvalue weighted by atomic mass is 32.2. The topological polar surface area (TPSA) is 54.7 Å². The molecule has 0 unspecified atom stereocenters. The molecule has 0 fully saturated rings. The number of thiazole rings is 1. The van der Waals surface area contributed by atoms with Gasteiger partial charge in [-0.3, -0.25) is 0 Å². The van der Waals surface area contributed by atoms with Crippen molar-refractivity contribution in [1.82, 2.24) is 8.87 Å². The number of aryl methyl sites for hydroxylation is 2. The largest absolute Gasteiger partial charge is 0.316 e. The van der Waals surface area contributed by atoms with Gasteiger partial charge in [0.15, 0.2) is 4.80 Å². The first-order valence-electron chi connectivity index (χ1n) is 10.7. The minimum absolute atomic E-state index is 0.284. The Morgan fingerprint density at radius 1 is 0.909 bits per heavy atom. The number of hydrogen-bond donors (Lipinski definition) is 0. The first-order valence-corrected chi connectivity index (χ1v) is 13.0. The zero-order chi connectivity index (χ0) is 23.4. The molecule has 0 amide bonds. The highest BCUT2D eigenvalue weighted by Gasteiger charge is 2.17. The first-order chi connectivity index (χ1) is 15.8. The normalized spacial score (nSPS) is 12.4. The molecule has 0 spiro atoms. The summed E-state index contributed by atoms with van der Waals surface area (Å²) in [6.45, 7) is 2.83. The van der Waals surface area contributed by atoms with Crippen LogP contribution in [0.3, 0.4) is 0 Å². The summed E-state index contributed by atoms with van der Waals surface area (Å²) in [5, 5.41) is 2.09. The van der Waals surface area contributed by atoms with Gasteiger partial charge in [0.2, 0.25) is 10.0 Å². The van der Waals surface area contributed by atoms with E-state index in [1.165, 1.54) is 15.4 Å². The first kappa shape index (κ1) is 23.2. The molecule has 1 aromatic heterocycles. The van der Waals surface area contributed by atoms with Gasteiger partial charge in [-0.25, -0.2) is 17.7 Å². The van der Waals surface area contributed by atoms with E-state index in [0.29, 0.717) is 0 Å². The molecule has 4 aromatic rings. The predicted molar refractivity (Wildman–Crippen MR) is 135 cm³/mol. The van der Waals surface area contributed by atoms with Gasteiger partial charge in [-0.15, -0.1) is 11.3 Å². The Balaban J connectivity index is 1.74. The molecule has 4 rings (SSSR count). The van der Waals surface area contributed by atoms with Crippen molar-refractivity contribution < 1.29 is 8.42 Å². The zero-order valence-corrected chi connectivity index (χ0v) is 20.6. The number of rotatable bonds is 7. The summed E-state index contributed by atoms with van der Waals surface area (Å²) < 4.78 is 28.3. The van der Waals surface area contributed by atoms with E-state index in [1.807, 2.05) is 30.3 Å². The van der Waals surface area contributed by atoms with Crippen molar-refractivity contribution in [3.8, 4) is 11.3 Å². The van der Waals surface area contributed by atoms with Crippen LogP contribution in [0.25, 0.3) is 11.3 Å². The molecule has 7 heteroatoms. The van der Waals surface area contributed by atoms with Crippen molar-refractivity contribution in [2.45, 2.75) is 24.8 Å². The van der Waals surface area contributed by atoms with Crippen molar-refractivity contribution in [2.24, 2.45) is 4.99 Å². The molecule has 3 aromatic carbocycles. The lowest BCUT2D eigenvalue weighted by molar-refractivity contribution is 0.521. The molecule has 0 atom stereocenters. The molecule has 170 valence electrons. The molecular weight excluding hydrogens is 450 g/mol. The fraction of sp³-hybridized carbons (Fsp3) is 0.192. The number of nitrogens with zero attached hydrogens (tertiary/aromatic N) is 3. The van der Waals surface area contributed by atoms with Crippen LogP contribution in [0, 0.1) is 6.92 Å². The van der Waals surface area contributed by atoms with Crippen LogP contribution in [0.1, 0.15) is 11.1 Å². The van der Waals surface area contributed by atoms with Crippen LogP contribution in [0.5, 0.6) is 0 Å². The summed E-state index contributed by atoms with van der Waals surface area (Å²) in [5.41, 5.74) is 5.36. The van der Waals surface area contributed by atoms with Gasteiger partial charge in [-0.2, -0.15) is 0 Å². The van der Waals surface area contributed by atoms with Crippen LogP contribution in [0.4, 0.5) is 5.69 Å². The maximum Gasteiger partial charge on any atom is 0.242 e. The van der Waals surface area contributed by atoms with Crippen LogP contribution < -0.4 is 4.80 Å². The Hall–Kier alpha value is -3.00. The zero-order valence-electron chi connectivity index (χ0n) is 19.0. The molecule has 0 radical (unpaired) electrons. The quantitative estimate of drug-likeness (QED) is 0.365. The van der Waals surface area contributed by atoms with Gasteiger partial charge in [0.1, 0.15) is 0 Å². The standard InChI is InChI=1S/C26H27N3O2S2/c1-20-9-13-23(14-10-20)27-26-29(18-17-21-7-5-4-6-8-21)25(19-32-26)22-11-15-24(16-12-22)33(30,31)28(2)3/h4-16,19H,17-18H2,1-3H3. The van der Waals surface area contributed by atoms with Gasteiger partial charge < -0.3 is 4.57 Å². The smallest absolute Gasteiger partial charge is 0.242 e. The second-order valence-corrected chi connectivity index (χ2v) is 11.0. The van der Waals surface area contributed by atoms with E-state index in [9.17, 15) is 8.42 Å². The molecule has 0 bridgehead atoms. The van der Waals surface area contributed by atoms with E-state index < -0.39 is 10.0 Å². The van der Waals surface area contributed by atoms with Crippen LogP contribution >= 0.6 is 11.3 Å². The highest BCUT2D eigenvalue weighted by Crippen LogP contribution is 2.24. The number of hydrogen-bond acceptors (Lipinski definition) is 4. The second kappa shape index (κ2) is 9.87. The number of benzene rings is 3. The summed E-state index contributed by atoms with van der Waals surface area (Å²) >= 11 is 1.59. The molecule has 0 saturated carbocycles. The van der Waals surface area contributed by atoms with Crippen LogP contribution in [0.15, 0.2) is 94.1 Å². The van der Waals surface area contributed by atoms with Gasteiger partial charge in [-0.05, 0) is 48.7 Å². The molecular formula is C26H27N3O2S2. The van der Waals surface area contributed by atoms with E-state index >= 15 is 0 Å². The lowest BCUT2D eigenvalue weighted by Crippen LogP contribution is -2.22. The van der Waals surface area contributed by atoms with Gasteiger partial charge in [0, 0.05) is 26.0 Å². The molecule has 0 saturated heterocycles. The lowest BCUT2D eigenvalue weighted by atomic mass is 10.1. The predicted octanol–water partition coefficient (Wildman–Crippen LogP) is 5.25. The van der Waals surface area contributed by atoms with Gasteiger partial charge in [0.05, 0.1) is 16.3 Å². The SMILES string of the molecule is Cc1ccc(N=c2scc(-c3ccc(S(=O)(=O)N(C)C)cc3)n2CCc2ccccc2)cc1. The van der Waals surface area contributed by atoms with E-state index in [-0.39, 0.29) is 4.90 Å². The van der Waals surface area contributed by atoms with Crippen LogP contribution in [-0.2, 0) is 23.0 Å². The number of aromatic nitrogens is 1. The fourth-order valence-corrected chi connectivity index (χ4v) is 5.35. The Labute approximate surface area is 199 Å². The third kappa shape index (κ3) is 5.33. The summed E-state index contributed by atoms with van der Waals surface area (Å²) in [6, 6.07) is 25.6. The van der Waals surface area contributed by atoms with E-state index in [0.717, 1.165) is 34.7 Å². The molecule has 0 aliphatic heterocycles. The second-order valence-electron chi connectivity index (χ2n) is 8.05. The van der Waals surface area contributed by atoms with Crippen molar-refractivity contribution in [1.29, 1.82) is 0 Å². The van der Waals surface area contributed by atoms with Crippen molar-refractivity contribution in [3.63, 3.8) is 0 Å². The molecule has 0 aliphatic carbocycles. The van der Waals surface area contributed by atoms with E-state index in [2.05, 4.69) is 53.3 Å². The average molecular weight is 478 g/mol. The molecule has 5 nitrogen and oxygen atoms in total. The van der Waals surface area contributed by atoms with E-state index in [4.69, 9.17) is 4.99 Å². The summed E-state index contributed by atoms with van der Waals surface area (Å²) in [6.07, 6.45) is 0.874. The molecule has 33 heavy (non-hydrogen) atoms. The van der Waals surface area contributed by atoms with Gasteiger partial charge in [0.25, 0.3) is 0 Å². The summed E-state index contributed by atoms with van der Waals surface area (Å²) in [7, 11) is -0.380. The molecule has 0 aliphatic rings. The van der Waals surface area contributed by atoms with E-state index in [1.54, 1.807) is 37.6 Å². The number of sulfonamides is 1. The minimum Gasteiger partial charge on any atom is -0.316 e.